The van der Waals surface area contributed by atoms with Gasteiger partial charge in [-0.3, -0.25) is 4.79 Å². The number of fused-ring (bicyclic) bond motifs is 1. The molecule has 1 aliphatic heterocycles. The lowest BCUT2D eigenvalue weighted by Gasteiger charge is -2.25. The summed E-state index contributed by atoms with van der Waals surface area (Å²) in [4.78, 5) is 13.0. The van der Waals surface area contributed by atoms with Gasteiger partial charge in [-0.05, 0) is 25.1 Å². The van der Waals surface area contributed by atoms with Crippen LogP contribution in [0.3, 0.4) is 0 Å². The van der Waals surface area contributed by atoms with E-state index in [-0.39, 0.29) is 24.4 Å². The van der Waals surface area contributed by atoms with E-state index in [2.05, 4.69) is 28.8 Å². The highest BCUT2D eigenvalue weighted by Gasteiger charge is 2.21. The van der Waals surface area contributed by atoms with Crippen molar-refractivity contribution in [3.8, 4) is 0 Å². The van der Waals surface area contributed by atoms with Crippen LogP contribution in [0.1, 0.15) is 24.4 Å². The van der Waals surface area contributed by atoms with Crippen LogP contribution >= 0.6 is 24.2 Å². The molecule has 0 fully saturated rings. The summed E-state index contributed by atoms with van der Waals surface area (Å²) in [5.74, 6) is 1.21. The van der Waals surface area contributed by atoms with Crippen LogP contribution in [0, 0.1) is 0 Å². The van der Waals surface area contributed by atoms with Crippen molar-refractivity contribution in [1.29, 1.82) is 0 Å². The lowest BCUT2D eigenvalue weighted by atomic mass is 10.0. The van der Waals surface area contributed by atoms with E-state index in [1.165, 1.54) is 10.5 Å². The van der Waals surface area contributed by atoms with Crippen molar-refractivity contribution in [3.05, 3.63) is 29.8 Å². The van der Waals surface area contributed by atoms with E-state index in [1.807, 2.05) is 24.9 Å². The number of thioether (sulfide) groups is 1. The Kier molecular flexibility index (Phi) is 6.54. The average molecular weight is 287 g/mol. The third kappa shape index (κ3) is 3.90. The molecule has 1 aromatic rings. The first-order chi connectivity index (χ1) is 8.31. The van der Waals surface area contributed by atoms with Gasteiger partial charge in [0.05, 0.1) is 6.04 Å². The molecule has 0 radical (unpaired) electrons. The second-order valence-corrected chi connectivity index (χ2v) is 5.29. The second kappa shape index (κ2) is 7.67. The van der Waals surface area contributed by atoms with Gasteiger partial charge in [0.25, 0.3) is 0 Å². The van der Waals surface area contributed by atoms with E-state index in [0.717, 1.165) is 18.7 Å². The molecule has 3 nitrogen and oxygen atoms in total. The Bertz CT molecular complexity index is 400. The molecule has 100 valence electrons. The minimum atomic E-state index is 0. The lowest BCUT2D eigenvalue weighted by molar-refractivity contribution is -0.121. The number of amides is 1. The molecule has 1 unspecified atom stereocenters. The van der Waals surface area contributed by atoms with E-state index in [1.54, 1.807) is 0 Å². The summed E-state index contributed by atoms with van der Waals surface area (Å²) in [6.45, 7) is 0.731. The summed E-state index contributed by atoms with van der Waals surface area (Å²) in [5, 5.41) is 6.11. The highest BCUT2D eigenvalue weighted by atomic mass is 35.5. The fourth-order valence-electron chi connectivity index (χ4n) is 2.00. The zero-order chi connectivity index (χ0) is 12.1. The standard InChI is InChI=1S/C13H18N2OS.ClH/c1-14-8-6-13(16)15-11-7-9-17-12-5-3-2-4-10(11)12;/h2-5,11,14H,6-9H2,1H3,(H,15,16);1H. The molecule has 0 aromatic heterocycles. The largest absolute Gasteiger partial charge is 0.349 e. The molecule has 1 heterocycles. The van der Waals surface area contributed by atoms with Crippen LogP contribution in [0.4, 0.5) is 0 Å². The van der Waals surface area contributed by atoms with Crippen molar-refractivity contribution in [1.82, 2.24) is 10.6 Å². The number of halogens is 1. The molecule has 0 saturated heterocycles. The topological polar surface area (TPSA) is 41.1 Å². The fraction of sp³-hybridized carbons (Fsp3) is 0.462. The van der Waals surface area contributed by atoms with Gasteiger partial charge in [0.15, 0.2) is 0 Å². The molecule has 2 N–H and O–H groups in total. The van der Waals surface area contributed by atoms with E-state index in [9.17, 15) is 4.79 Å². The molecule has 1 atom stereocenters. The predicted molar refractivity (Wildman–Crippen MR) is 78.5 cm³/mol. The number of carbonyl (C=O) groups is 1. The van der Waals surface area contributed by atoms with Crippen LogP contribution in [0.25, 0.3) is 0 Å². The minimum Gasteiger partial charge on any atom is -0.349 e. The van der Waals surface area contributed by atoms with Crippen LogP contribution < -0.4 is 10.6 Å². The zero-order valence-electron chi connectivity index (χ0n) is 10.4. The first-order valence-corrected chi connectivity index (χ1v) is 6.95. The van der Waals surface area contributed by atoms with Crippen LogP contribution in [0.15, 0.2) is 29.2 Å². The summed E-state index contributed by atoms with van der Waals surface area (Å²) in [5.41, 5.74) is 1.27. The summed E-state index contributed by atoms with van der Waals surface area (Å²) in [6.07, 6.45) is 1.56. The monoisotopic (exact) mass is 286 g/mol. The third-order valence-corrected chi connectivity index (χ3v) is 4.02. The maximum Gasteiger partial charge on any atom is 0.221 e. The minimum absolute atomic E-state index is 0. The molecule has 2 rings (SSSR count). The van der Waals surface area contributed by atoms with Gasteiger partial charge < -0.3 is 10.6 Å². The second-order valence-electron chi connectivity index (χ2n) is 4.15. The highest BCUT2D eigenvalue weighted by molar-refractivity contribution is 7.99. The van der Waals surface area contributed by atoms with Gasteiger partial charge in [0, 0.05) is 23.6 Å². The first kappa shape index (κ1) is 15.3. The first-order valence-electron chi connectivity index (χ1n) is 5.97. The van der Waals surface area contributed by atoms with E-state index in [0.29, 0.717) is 6.42 Å². The molecule has 1 aliphatic rings. The van der Waals surface area contributed by atoms with E-state index < -0.39 is 0 Å². The van der Waals surface area contributed by atoms with Gasteiger partial charge in [0.2, 0.25) is 5.91 Å². The average Bonchev–Trinajstić information content (AvgIpc) is 2.37. The van der Waals surface area contributed by atoms with Gasteiger partial charge in [-0.25, -0.2) is 0 Å². The molecule has 0 aliphatic carbocycles. The summed E-state index contributed by atoms with van der Waals surface area (Å²) in [7, 11) is 1.86. The Balaban J connectivity index is 0.00000162. The van der Waals surface area contributed by atoms with Gasteiger partial charge in [0.1, 0.15) is 0 Å². The quantitative estimate of drug-likeness (QED) is 0.893. The van der Waals surface area contributed by atoms with Gasteiger partial charge in [-0.1, -0.05) is 18.2 Å². The van der Waals surface area contributed by atoms with E-state index >= 15 is 0 Å². The molecular weight excluding hydrogens is 268 g/mol. The van der Waals surface area contributed by atoms with Crippen LogP contribution in [-0.2, 0) is 4.79 Å². The van der Waals surface area contributed by atoms with Crippen molar-refractivity contribution < 1.29 is 4.79 Å². The van der Waals surface area contributed by atoms with Crippen molar-refractivity contribution in [2.45, 2.75) is 23.8 Å². The Morgan fingerprint density at radius 2 is 2.22 bits per heavy atom. The molecule has 0 spiro atoms. The molecule has 1 amide bonds. The Morgan fingerprint density at radius 3 is 3.00 bits per heavy atom. The number of nitrogens with one attached hydrogen (secondary N) is 2. The van der Waals surface area contributed by atoms with Gasteiger partial charge in [-0.2, -0.15) is 0 Å². The summed E-state index contributed by atoms with van der Waals surface area (Å²) in [6, 6.07) is 8.53. The van der Waals surface area contributed by atoms with Crippen molar-refractivity contribution in [3.63, 3.8) is 0 Å². The number of hydrogen-bond acceptors (Lipinski definition) is 3. The molecule has 0 saturated carbocycles. The summed E-state index contributed by atoms with van der Waals surface area (Å²) >= 11 is 1.87. The smallest absolute Gasteiger partial charge is 0.221 e. The Hall–Kier alpha value is -0.710. The van der Waals surface area contributed by atoms with Gasteiger partial charge >= 0.3 is 0 Å². The lowest BCUT2D eigenvalue weighted by Crippen LogP contribution is -2.32. The number of carbonyl (C=O) groups excluding carboxylic acids is 1. The highest BCUT2D eigenvalue weighted by Crippen LogP contribution is 2.35. The van der Waals surface area contributed by atoms with Crippen molar-refractivity contribution in [2.24, 2.45) is 0 Å². The van der Waals surface area contributed by atoms with Gasteiger partial charge in [-0.15, -0.1) is 24.2 Å². The van der Waals surface area contributed by atoms with Crippen LogP contribution in [0.5, 0.6) is 0 Å². The van der Waals surface area contributed by atoms with Crippen molar-refractivity contribution in [2.75, 3.05) is 19.3 Å². The fourth-order valence-corrected chi connectivity index (χ4v) is 3.12. The van der Waals surface area contributed by atoms with Crippen LogP contribution in [0.2, 0.25) is 0 Å². The maximum atomic E-state index is 11.7. The maximum absolute atomic E-state index is 11.7. The number of benzene rings is 1. The Morgan fingerprint density at radius 1 is 1.44 bits per heavy atom. The molecular formula is C13H19ClN2OS. The molecule has 1 aromatic carbocycles. The van der Waals surface area contributed by atoms with Crippen LogP contribution in [-0.4, -0.2) is 25.3 Å². The zero-order valence-corrected chi connectivity index (χ0v) is 12.1. The molecule has 5 heteroatoms. The number of rotatable bonds is 4. The third-order valence-electron chi connectivity index (χ3n) is 2.90. The number of hydrogen-bond donors (Lipinski definition) is 2. The SMILES string of the molecule is CNCCC(=O)NC1CCSc2ccccc21.Cl. The predicted octanol–water partition coefficient (Wildman–Crippen LogP) is 2.37. The normalized spacial score (nSPS) is 17.5. The Labute approximate surface area is 119 Å². The molecule has 0 bridgehead atoms. The van der Waals surface area contributed by atoms with E-state index in [4.69, 9.17) is 0 Å². The molecule has 18 heavy (non-hydrogen) atoms. The summed E-state index contributed by atoms with van der Waals surface area (Å²) < 4.78 is 0. The van der Waals surface area contributed by atoms with Crippen molar-refractivity contribution >= 4 is 30.1 Å².